The standard InChI is InChI=1S/C15H18F3N/c1-19-8-11-6-10(7-12(11)9-19)13-4-2-3-5-14(13)15(16,17)18/h2-5,10-12H,6-9H2,1H3. The Morgan fingerprint density at radius 2 is 1.63 bits per heavy atom. The molecule has 104 valence electrons. The molecule has 1 saturated carbocycles. The first kappa shape index (κ1) is 13.0. The van der Waals surface area contributed by atoms with Gasteiger partial charge in [0.05, 0.1) is 5.56 Å². The quantitative estimate of drug-likeness (QED) is 0.750. The highest BCUT2D eigenvalue weighted by atomic mass is 19.4. The minimum Gasteiger partial charge on any atom is -0.306 e. The van der Waals surface area contributed by atoms with Crippen LogP contribution in [0.5, 0.6) is 0 Å². The first-order valence-electron chi connectivity index (χ1n) is 6.80. The maximum absolute atomic E-state index is 13.0. The Morgan fingerprint density at radius 3 is 2.21 bits per heavy atom. The molecule has 0 N–H and O–H groups in total. The van der Waals surface area contributed by atoms with E-state index in [1.807, 2.05) is 0 Å². The number of hydrogen-bond acceptors (Lipinski definition) is 1. The molecule has 1 aliphatic carbocycles. The van der Waals surface area contributed by atoms with E-state index in [9.17, 15) is 13.2 Å². The van der Waals surface area contributed by atoms with Crippen LogP contribution in [-0.2, 0) is 6.18 Å². The summed E-state index contributed by atoms with van der Waals surface area (Å²) in [5, 5.41) is 0. The zero-order chi connectivity index (χ0) is 13.6. The summed E-state index contributed by atoms with van der Waals surface area (Å²) >= 11 is 0. The second kappa shape index (κ2) is 4.51. The third kappa shape index (κ3) is 2.38. The Hall–Kier alpha value is -1.03. The number of nitrogens with zero attached hydrogens (tertiary/aromatic N) is 1. The highest BCUT2D eigenvalue weighted by Crippen LogP contribution is 2.48. The van der Waals surface area contributed by atoms with Gasteiger partial charge in [0.25, 0.3) is 0 Å². The van der Waals surface area contributed by atoms with Gasteiger partial charge in [0.1, 0.15) is 0 Å². The summed E-state index contributed by atoms with van der Waals surface area (Å²) in [4.78, 5) is 2.29. The van der Waals surface area contributed by atoms with Crippen LogP contribution in [0.2, 0.25) is 0 Å². The van der Waals surface area contributed by atoms with Crippen molar-refractivity contribution in [2.75, 3.05) is 20.1 Å². The van der Waals surface area contributed by atoms with E-state index in [1.54, 1.807) is 12.1 Å². The first-order chi connectivity index (χ1) is 8.95. The molecule has 1 heterocycles. The lowest BCUT2D eigenvalue weighted by Crippen LogP contribution is -2.17. The zero-order valence-electron chi connectivity index (χ0n) is 11.0. The largest absolute Gasteiger partial charge is 0.416 e. The summed E-state index contributed by atoms with van der Waals surface area (Å²) in [5.74, 6) is 1.24. The van der Waals surface area contributed by atoms with Gasteiger partial charge in [-0.3, -0.25) is 0 Å². The molecule has 1 aromatic rings. The molecule has 1 nitrogen and oxygen atoms in total. The third-order valence-electron chi connectivity index (χ3n) is 4.64. The SMILES string of the molecule is CN1CC2CC(c3ccccc3C(F)(F)F)CC2C1. The van der Waals surface area contributed by atoms with E-state index in [-0.39, 0.29) is 5.92 Å². The monoisotopic (exact) mass is 269 g/mol. The molecule has 3 rings (SSSR count). The lowest BCUT2D eigenvalue weighted by molar-refractivity contribution is -0.138. The van der Waals surface area contributed by atoms with E-state index < -0.39 is 11.7 Å². The second-order valence-corrected chi connectivity index (χ2v) is 5.99. The van der Waals surface area contributed by atoms with E-state index in [2.05, 4.69) is 11.9 Å². The molecule has 0 aromatic heterocycles. The highest BCUT2D eigenvalue weighted by Gasteiger charge is 2.43. The number of rotatable bonds is 1. The number of likely N-dealkylation sites (tertiary alicyclic amines) is 1. The van der Waals surface area contributed by atoms with Gasteiger partial charge in [0.15, 0.2) is 0 Å². The molecule has 0 radical (unpaired) electrons. The number of alkyl halides is 3. The molecule has 2 unspecified atom stereocenters. The van der Waals surface area contributed by atoms with Crippen LogP contribution in [0.25, 0.3) is 0 Å². The molecule has 1 aliphatic heterocycles. The minimum atomic E-state index is -4.23. The Morgan fingerprint density at radius 1 is 1.05 bits per heavy atom. The molecule has 0 spiro atoms. The Balaban J connectivity index is 1.85. The predicted molar refractivity (Wildman–Crippen MR) is 67.9 cm³/mol. The smallest absolute Gasteiger partial charge is 0.306 e. The van der Waals surface area contributed by atoms with Crippen LogP contribution in [-0.4, -0.2) is 25.0 Å². The van der Waals surface area contributed by atoms with Gasteiger partial charge >= 0.3 is 6.18 Å². The predicted octanol–water partition coefficient (Wildman–Crippen LogP) is 3.76. The molecule has 4 heteroatoms. The third-order valence-corrected chi connectivity index (χ3v) is 4.64. The summed E-state index contributed by atoms with van der Waals surface area (Å²) in [6, 6.07) is 6.09. The lowest BCUT2D eigenvalue weighted by atomic mass is 9.91. The highest BCUT2D eigenvalue weighted by molar-refractivity contribution is 5.33. The molecule has 19 heavy (non-hydrogen) atoms. The molecule has 1 aromatic carbocycles. The van der Waals surface area contributed by atoms with Crippen LogP contribution < -0.4 is 0 Å². The fourth-order valence-corrected chi connectivity index (χ4v) is 3.90. The van der Waals surface area contributed by atoms with Crippen LogP contribution in [0.4, 0.5) is 13.2 Å². The summed E-state index contributed by atoms with van der Waals surface area (Å²) < 4.78 is 39.1. The van der Waals surface area contributed by atoms with E-state index in [0.29, 0.717) is 17.4 Å². The topological polar surface area (TPSA) is 3.24 Å². The van der Waals surface area contributed by atoms with Gasteiger partial charge < -0.3 is 4.90 Å². The van der Waals surface area contributed by atoms with Crippen molar-refractivity contribution >= 4 is 0 Å². The Labute approximate surface area is 111 Å². The van der Waals surface area contributed by atoms with Crippen molar-refractivity contribution in [1.82, 2.24) is 4.90 Å². The van der Waals surface area contributed by atoms with Gasteiger partial charge in [0.2, 0.25) is 0 Å². The molecule has 2 atom stereocenters. The average Bonchev–Trinajstić information content (AvgIpc) is 2.85. The van der Waals surface area contributed by atoms with Crippen molar-refractivity contribution in [3.8, 4) is 0 Å². The van der Waals surface area contributed by atoms with E-state index in [4.69, 9.17) is 0 Å². The minimum absolute atomic E-state index is 0.0847. The van der Waals surface area contributed by atoms with E-state index >= 15 is 0 Å². The average molecular weight is 269 g/mol. The number of halogens is 3. The second-order valence-electron chi connectivity index (χ2n) is 5.99. The fourth-order valence-electron chi connectivity index (χ4n) is 3.90. The number of fused-ring (bicyclic) bond motifs is 1. The normalized spacial score (nSPS) is 31.7. The zero-order valence-corrected chi connectivity index (χ0v) is 11.0. The summed E-state index contributed by atoms with van der Waals surface area (Å²) in [7, 11) is 2.09. The summed E-state index contributed by atoms with van der Waals surface area (Å²) in [6.07, 6.45) is -2.42. The molecule has 0 bridgehead atoms. The fraction of sp³-hybridized carbons (Fsp3) is 0.600. The van der Waals surface area contributed by atoms with Gasteiger partial charge in [-0.1, -0.05) is 18.2 Å². The van der Waals surface area contributed by atoms with Crippen LogP contribution in [0.1, 0.15) is 29.9 Å². The lowest BCUT2D eigenvalue weighted by Gasteiger charge is -2.19. The maximum atomic E-state index is 13.0. The molecule has 1 saturated heterocycles. The van der Waals surface area contributed by atoms with Crippen molar-refractivity contribution in [3.05, 3.63) is 35.4 Å². The van der Waals surface area contributed by atoms with Crippen molar-refractivity contribution in [2.45, 2.75) is 24.9 Å². The maximum Gasteiger partial charge on any atom is 0.416 e. The molecule has 2 fully saturated rings. The molecular formula is C15H18F3N. The van der Waals surface area contributed by atoms with Crippen LogP contribution in [0.3, 0.4) is 0 Å². The van der Waals surface area contributed by atoms with Crippen molar-refractivity contribution in [3.63, 3.8) is 0 Å². The molecular weight excluding hydrogens is 251 g/mol. The molecule has 2 aliphatic rings. The van der Waals surface area contributed by atoms with Crippen molar-refractivity contribution < 1.29 is 13.2 Å². The van der Waals surface area contributed by atoms with Crippen LogP contribution in [0.15, 0.2) is 24.3 Å². The first-order valence-corrected chi connectivity index (χ1v) is 6.80. The van der Waals surface area contributed by atoms with E-state index in [0.717, 1.165) is 25.9 Å². The van der Waals surface area contributed by atoms with Gasteiger partial charge in [-0.15, -0.1) is 0 Å². The molecule has 0 amide bonds. The van der Waals surface area contributed by atoms with Crippen molar-refractivity contribution in [1.29, 1.82) is 0 Å². The van der Waals surface area contributed by atoms with E-state index in [1.165, 1.54) is 12.1 Å². The van der Waals surface area contributed by atoms with Crippen molar-refractivity contribution in [2.24, 2.45) is 11.8 Å². The summed E-state index contributed by atoms with van der Waals surface area (Å²) in [6.45, 7) is 2.07. The van der Waals surface area contributed by atoms with Gasteiger partial charge in [-0.25, -0.2) is 0 Å². The van der Waals surface area contributed by atoms with Gasteiger partial charge in [-0.2, -0.15) is 13.2 Å². The Kier molecular flexibility index (Phi) is 3.08. The van der Waals surface area contributed by atoms with Crippen LogP contribution in [0, 0.1) is 11.8 Å². The summed E-state index contributed by atoms with van der Waals surface area (Å²) in [5.41, 5.74) is 0.0698. The van der Waals surface area contributed by atoms with Crippen LogP contribution >= 0.6 is 0 Å². The van der Waals surface area contributed by atoms with Gasteiger partial charge in [0, 0.05) is 13.1 Å². The number of benzene rings is 1. The van der Waals surface area contributed by atoms with Gasteiger partial charge in [-0.05, 0) is 49.3 Å². The Bertz CT molecular complexity index is 455. The number of hydrogen-bond donors (Lipinski definition) is 0.